The molecule has 1 heterocycles. The van der Waals surface area contributed by atoms with Crippen molar-refractivity contribution in [3.63, 3.8) is 0 Å². The van der Waals surface area contributed by atoms with Crippen LogP contribution in [-0.2, 0) is 54.5 Å². The van der Waals surface area contributed by atoms with Gasteiger partial charge in [-0.05, 0) is 71.4 Å². The molecule has 7 nitrogen and oxygen atoms in total. The van der Waals surface area contributed by atoms with Gasteiger partial charge in [0.25, 0.3) is 0 Å². The summed E-state index contributed by atoms with van der Waals surface area (Å²) < 4.78 is 44.9. The van der Waals surface area contributed by atoms with Crippen LogP contribution in [0.4, 0.5) is 0 Å². The average molecular weight is 753 g/mol. The molecule has 0 radical (unpaired) electrons. The molecule has 0 saturated carbocycles. The first-order valence-electron chi connectivity index (χ1n) is 19.3. The lowest BCUT2D eigenvalue weighted by Gasteiger charge is -2.39. The Morgan fingerprint density at radius 1 is 0.667 bits per heavy atom. The Labute approximate surface area is 324 Å². The first-order valence-corrected chi connectivity index (χ1v) is 22.2. The van der Waals surface area contributed by atoms with Crippen LogP contribution in [0.1, 0.15) is 62.3 Å². The van der Waals surface area contributed by atoms with Crippen molar-refractivity contribution in [1.82, 2.24) is 0 Å². The lowest BCUT2D eigenvalue weighted by atomic mass is 10.0. The van der Waals surface area contributed by atoms with Crippen LogP contribution in [-0.4, -0.2) is 53.1 Å². The number of rotatable bonds is 21. The Balaban J connectivity index is 1.29. The second kappa shape index (κ2) is 20.8. The van der Waals surface area contributed by atoms with Crippen molar-refractivity contribution in [2.24, 2.45) is 0 Å². The molecule has 1 aliphatic heterocycles. The van der Waals surface area contributed by atoms with E-state index in [0.717, 1.165) is 53.0 Å². The molecule has 0 N–H and O–H groups in total. The molecule has 0 saturated heterocycles. The molecule has 0 amide bonds. The molecule has 4 aromatic carbocycles. The summed E-state index contributed by atoms with van der Waals surface area (Å²) in [7, 11) is -0.370. The van der Waals surface area contributed by atoms with Gasteiger partial charge in [-0.3, -0.25) is 0 Å². The van der Waals surface area contributed by atoms with E-state index in [4.69, 9.17) is 32.8 Å². The fraction of sp³-hybridized carbons (Fsp3) is 0.435. The third-order valence-electron chi connectivity index (χ3n) is 10.3. The van der Waals surface area contributed by atoms with Gasteiger partial charge < -0.3 is 32.8 Å². The highest BCUT2D eigenvalue weighted by Crippen LogP contribution is 2.38. The molecule has 4 atom stereocenters. The van der Waals surface area contributed by atoms with Gasteiger partial charge >= 0.3 is 0 Å². The predicted molar refractivity (Wildman–Crippen MR) is 218 cm³/mol. The highest BCUT2D eigenvalue weighted by atomic mass is 28.4. The van der Waals surface area contributed by atoms with E-state index in [-0.39, 0.29) is 29.5 Å². The standard InChI is InChI=1S/C46H60O7Si/c1-46(2,3)54(5,6)53-42(34-48-31-39-25-27-40(47-4)28-26-39)24-16-23-41-29-43(50-32-37-19-12-8-13-20-37)45(51-33-38-21-14-9-15-22-38)44(52-41)35-49-30-36-17-10-7-11-18-36/h7-15,17-22,25-29,42-45H,16,23-24,30-35H2,1-6H3/t42-,43+,44+,45-/m0/s1. The number of hydrogen-bond acceptors (Lipinski definition) is 7. The summed E-state index contributed by atoms with van der Waals surface area (Å²) in [6.45, 7) is 14.3. The molecule has 1 aliphatic rings. The second-order valence-electron chi connectivity index (χ2n) is 15.6. The molecule has 54 heavy (non-hydrogen) atoms. The minimum absolute atomic E-state index is 0.0367. The zero-order valence-corrected chi connectivity index (χ0v) is 34.1. The lowest BCUT2D eigenvalue weighted by molar-refractivity contribution is -0.154. The lowest BCUT2D eigenvalue weighted by Crippen LogP contribution is -2.47. The van der Waals surface area contributed by atoms with Crippen LogP contribution in [0.2, 0.25) is 18.1 Å². The molecule has 0 unspecified atom stereocenters. The third-order valence-corrected chi connectivity index (χ3v) is 14.8. The number of benzene rings is 4. The molecule has 0 aromatic heterocycles. The van der Waals surface area contributed by atoms with Crippen LogP contribution in [0.5, 0.6) is 5.75 Å². The van der Waals surface area contributed by atoms with E-state index in [1.807, 2.05) is 78.9 Å². The van der Waals surface area contributed by atoms with E-state index in [1.165, 1.54) is 0 Å². The van der Waals surface area contributed by atoms with Crippen molar-refractivity contribution in [3.05, 3.63) is 149 Å². The molecule has 290 valence electrons. The Kier molecular flexibility index (Phi) is 15.9. The third kappa shape index (κ3) is 13.2. The van der Waals surface area contributed by atoms with Gasteiger partial charge in [0, 0.05) is 6.42 Å². The molecule has 8 heteroatoms. The highest BCUT2D eigenvalue weighted by Gasteiger charge is 2.40. The van der Waals surface area contributed by atoms with Crippen molar-refractivity contribution in [2.75, 3.05) is 20.3 Å². The summed E-state index contributed by atoms with van der Waals surface area (Å²) in [5, 5.41) is 0.0846. The molecule has 0 fully saturated rings. The van der Waals surface area contributed by atoms with Crippen LogP contribution >= 0.6 is 0 Å². The summed E-state index contributed by atoms with van der Waals surface area (Å²) in [5.41, 5.74) is 4.43. The maximum absolute atomic E-state index is 6.95. The van der Waals surface area contributed by atoms with Gasteiger partial charge in [0.15, 0.2) is 14.4 Å². The van der Waals surface area contributed by atoms with Crippen LogP contribution in [0.25, 0.3) is 0 Å². The molecule has 0 aliphatic carbocycles. The summed E-state index contributed by atoms with van der Waals surface area (Å²) in [4.78, 5) is 0. The van der Waals surface area contributed by atoms with E-state index in [0.29, 0.717) is 39.6 Å². The molecule has 0 spiro atoms. The molecule has 0 bridgehead atoms. The molecule has 4 aromatic rings. The first kappa shape index (κ1) is 41.4. The number of allylic oxidation sites excluding steroid dienone is 1. The van der Waals surface area contributed by atoms with Crippen LogP contribution in [0, 0.1) is 0 Å². The van der Waals surface area contributed by atoms with Gasteiger partial charge in [-0.15, -0.1) is 0 Å². The minimum atomic E-state index is -2.05. The van der Waals surface area contributed by atoms with Crippen molar-refractivity contribution in [2.45, 2.75) is 109 Å². The number of methoxy groups -OCH3 is 1. The zero-order chi connectivity index (χ0) is 38.2. The summed E-state index contributed by atoms with van der Waals surface area (Å²) in [6, 6.07) is 38.8. The Morgan fingerprint density at radius 3 is 1.78 bits per heavy atom. The topological polar surface area (TPSA) is 64.6 Å². The minimum Gasteiger partial charge on any atom is -0.497 e. The Morgan fingerprint density at radius 2 is 1.20 bits per heavy atom. The first-order chi connectivity index (χ1) is 26.1. The van der Waals surface area contributed by atoms with Crippen molar-refractivity contribution in [3.8, 4) is 5.75 Å². The molecular formula is C46H60O7Si. The van der Waals surface area contributed by atoms with E-state index in [9.17, 15) is 0 Å². The van der Waals surface area contributed by atoms with E-state index >= 15 is 0 Å². The van der Waals surface area contributed by atoms with Crippen LogP contribution in [0.15, 0.2) is 127 Å². The van der Waals surface area contributed by atoms with Crippen molar-refractivity contribution in [1.29, 1.82) is 0 Å². The average Bonchev–Trinajstić information content (AvgIpc) is 3.17. The SMILES string of the molecule is COc1ccc(COC[C@H](CCCC2=C[C@@H](OCc3ccccc3)[C@H](OCc3ccccc3)[C@@H](COCc3ccccc3)O2)O[Si](C)(C)C(C)(C)C)cc1. The number of hydrogen-bond donors (Lipinski definition) is 0. The van der Waals surface area contributed by atoms with Crippen LogP contribution in [0.3, 0.4) is 0 Å². The highest BCUT2D eigenvalue weighted by molar-refractivity contribution is 6.74. The van der Waals surface area contributed by atoms with E-state index < -0.39 is 8.32 Å². The zero-order valence-electron chi connectivity index (χ0n) is 33.1. The van der Waals surface area contributed by atoms with Gasteiger partial charge in [0.1, 0.15) is 18.0 Å². The van der Waals surface area contributed by atoms with Crippen molar-refractivity contribution < 1.29 is 32.8 Å². The maximum Gasteiger partial charge on any atom is 0.192 e. The van der Waals surface area contributed by atoms with Crippen LogP contribution < -0.4 is 4.74 Å². The van der Waals surface area contributed by atoms with Gasteiger partial charge in [-0.2, -0.15) is 0 Å². The van der Waals surface area contributed by atoms with E-state index in [2.05, 4.69) is 76.3 Å². The summed E-state index contributed by atoms with van der Waals surface area (Å²) >= 11 is 0. The van der Waals surface area contributed by atoms with Gasteiger partial charge in [-0.1, -0.05) is 124 Å². The van der Waals surface area contributed by atoms with Gasteiger partial charge in [0.05, 0.1) is 58.6 Å². The van der Waals surface area contributed by atoms with Gasteiger partial charge in [0.2, 0.25) is 0 Å². The smallest absolute Gasteiger partial charge is 0.192 e. The van der Waals surface area contributed by atoms with E-state index in [1.54, 1.807) is 7.11 Å². The predicted octanol–water partition coefficient (Wildman–Crippen LogP) is 10.4. The quantitative estimate of drug-likeness (QED) is 0.0785. The molecular weight excluding hydrogens is 693 g/mol. The molecule has 5 rings (SSSR count). The fourth-order valence-corrected chi connectivity index (χ4v) is 7.48. The largest absolute Gasteiger partial charge is 0.497 e. The summed E-state index contributed by atoms with van der Waals surface area (Å²) in [5.74, 6) is 1.73. The Hall–Kier alpha value is -3.76. The van der Waals surface area contributed by atoms with Crippen molar-refractivity contribution >= 4 is 8.32 Å². The Bertz CT molecular complexity index is 1660. The normalized spacial score (nSPS) is 18.1. The monoisotopic (exact) mass is 752 g/mol. The maximum atomic E-state index is 6.95. The fourth-order valence-electron chi connectivity index (χ4n) is 6.11. The van der Waals surface area contributed by atoms with Gasteiger partial charge in [-0.25, -0.2) is 0 Å². The summed E-state index contributed by atoms with van der Waals surface area (Å²) in [6.07, 6.45) is 3.49. The second-order valence-corrected chi connectivity index (χ2v) is 20.3. The number of ether oxygens (including phenoxy) is 6.